The second kappa shape index (κ2) is 8.58. The van der Waals surface area contributed by atoms with Crippen molar-refractivity contribution in [1.29, 1.82) is 0 Å². The van der Waals surface area contributed by atoms with E-state index in [0.29, 0.717) is 29.3 Å². The quantitative estimate of drug-likeness (QED) is 0.451. The van der Waals surface area contributed by atoms with Gasteiger partial charge >= 0.3 is 161 Å². The van der Waals surface area contributed by atoms with Gasteiger partial charge in [0.15, 0.2) is 0 Å². The van der Waals surface area contributed by atoms with E-state index >= 15 is 0 Å². The van der Waals surface area contributed by atoms with E-state index in [1.54, 1.807) is 0 Å². The number of hydrogen-bond donors (Lipinski definition) is 0. The summed E-state index contributed by atoms with van der Waals surface area (Å²) in [6, 6.07) is 1.37. The minimum atomic E-state index is -2.07. The zero-order valence-electron chi connectivity index (χ0n) is 18.4. The Hall–Kier alpha value is 0.679. The summed E-state index contributed by atoms with van der Waals surface area (Å²) >= 11 is -2.07. The van der Waals surface area contributed by atoms with Gasteiger partial charge in [-0.05, 0) is 0 Å². The van der Waals surface area contributed by atoms with Gasteiger partial charge in [-0.3, -0.25) is 0 Å². The van der Waals surface area contributed by atoms with Gasteiger partial charge in [0.05, 0.1) is 0 Å². The van der Waals surface area contributed by atoms with E-state index in [9.17, 15) is 0 Å². The van der Waals surface area contributed by atoms with Crippen LogP contribution in [-0.4, -0.2) is 59.3 Å². The molecule has 1 fully saturated rings. The normalized spacial score (nSPS) is 22.0. The summed E-state index contributed by atoms with van der Waals surface area (Å²) in [6.45, 7) is 26.6. The average molecular weight is 445 g/mol. The number of hydrogen-bond acceptors (Lipinski definition) is 3. The van der Waals surface area contributed by atoms with Crippen molar-refractivity contribution in [3.8, 4) is 0 Å². The van der Waals surface area contributed by atoms with Crippen LogP contribution in [-0.2, 0) is 0 Å². The van der Waals surface area contributed by atoms with Crippen LogP contribution in [0.4, 0.5) is 0 Å². The summed E-state index contributed by atoms with van der Waals surface area (Å²) < 4.78 is 8.91. The summed E-state index contributed by atoms with van der Waals surface area (Å²) in [6.07, 6.45) is 5.56. The van der Waals surface area contributed by atoms with Crippen LogP contribution in [0, 0.1) is 0 Å². The second-order valence-electron chi connectivity index (χ2n) is 8.93. The van der Waals surface area contributed by atoms with Gasteiger partial charge in [-0.1, -0.05) is 0 Å². The maximum atomic E-state index is 2.98. The van der Waals surface area contributed by atoms with Crippen LogP contribution in [0.2, 0.25) is 0 Å². The van der Waals surface area contributed by atoms with E-state index in [2.05, 4.69) is 85.5 Å². The van der Waals surface area contributed by atoms with Gasteiger partial charge in [0.25, 0.3) is 0 Å². The first-order valence-electron chi connectivity index (χ1n) is 10.2. The Kier molecular flexibility index (Phi) is 8.12. The summed E-state index contributed by atoms with van der Waals surface area (Å²) in [5.41, 5.74) is 0.626. The van der Waals surface area contributed by atoms with Gasteiger partial charge in [-0.2, -0.15) is 0 Å². The Bertz CT molecular complexity index is 362. The predicted molar refractivity (Wildman–Crippen MR) is 109 cm³/mol. The minimum absolute atomic E-state index is 0.313. The molecule has 0 saturated carbocycles. The molecule has 1 heterocycles. The Morgan fingerprint density at radius 2 is 1.17 bits per heavy atom. The first kappa shape index (κ1) is 22.7. The Morgan fingerprint density at radius 1 is 0.833 bits per heavy atom. The molecule has 2 atom stereocenters. The van der Waals surface area contributed by atoms with Gasteiger partial charge in [0.2, 0.25) is 0 Å². The van der Waals surface area contributed by atoms with Crippen molar-refractivity contribution in [2.45, 2.75) is 131 Å². The molecule has 143 valence electrons. The molecule has 0 bridgehead atoms. The van der Waals surface area contributed by atoms with Crippen LogP contribution in [0.3, 0.4) is 0 Å². The standard InChI is InChI=1S/C12H26N2.C8H18N.Sn/c1-8-11(4,5)13-10(3)14-12(6,7)9-2;1-5-7(3)9-8(4)6-2;/h10H,8-9H2,1-7H3;7-8H,5-6H2,1-4H3;/q-2;-1;+3. The van der Waals surface area contributed by atoms with Gasteiger partial charge in [0.1, 0.15) is 0 Å². The van der Waals surface area contributed by atoms with E-state index in [4.69, 9.17) is 0 Å². The zero-order chi connectivity index (χ0) is 18.9. The molecule has 4 heteroatoms. The molecule has 0 aliphatic carbocycles. The van der Waals surface area contributed by atoms with E-state index < -0.39 is 20.6 Å². The molecule has 1 radical (unpaired) electrons. The summed E-state index contributed by atoms with van der Waals surface area (Å²) in [5.74, 6) is 0. The van der Waals surface area contributed by atoms with Crippen LogP contribution in [0.15, 0.2) is 0 Å². The second-order valence-corrected chi connectivity index (χ2v) is 14.9. The monoisotopic (exact) mass is 446 g/mol. The first-order valence-corrected chi connectivity index (χ1v) is 14.1. The van der Waals surface area contributed by atoms with Gasteiger partial charge in [0, 0.05) is 0 Å². The van der Waals surface area contributed by atoms with Crippen molar-refractivity contribution in [2.24, 2.45) is 0 Å². The Morgan fingerprint density at radius 3 is 1.42 bits per heavy atom. The van der Waals surface area contributed by atoms with Crippen LogP contribution in [0.25, 0.3) is 0 Å². The molecule has 1 aliphatic rings. The molecule has 2 unspecified atom stereocenters. The van der Waals surface area contributed by atoms with Crippen LogP contribution in [0.1, 0.15) is 102 Å². The van der Waals surface area contributed by atoms with Crippen molar-refractivity contribution in [3.63, 3.8) is 0 Å². The molecule has 0 N–H and O–H groups in total. The zero-order valence-corrected chi connectivity index (χ0v) is 21.3. The molecule has 1 saturated heterocycles. The molecule has 3 nitrogen and oxygen atoms in total. The third-order valence-corrected chi connectivity index (χ3v) is 18.5. The van der Waals surface area contributed by atoms with Crippen molar-refractivity contribution in [1.82, 2.24) is 9.36 Å². The van der Waals surface area contributed by atoms with Crippen LogP contribution >= 0.6 is 0 Å². The number of rotatable bonds is 9. The fraction of sp³-hybridized carbons (Fsp3) is 1.00. The Balaban J connectivity index is 3.34. The van der Waals surface area contributed by atoms with Crippen molar-refractivity contribution in [3.05, 3.63) is 0 Å². The maximum absolute atomic E-state index is 2.98. The fourth-order valence-electron chi connectivity index (χ4n) is 3.87. The van der Waals surface area contributed by atoms with Crippen molar-refractivity contribution < 1.29 is 0 Å². The van der Waals surface area contributed by atoms with Crippen LogP contribution < -0.4 is 0 Å². The molecule has 1 aliphatic heterocycles. The number of nitrogens with zero attached hydrogens (tertiary/aromatic N) is 3. The van der Waals surface area contributed by atoms with E-state index in [-0.39, 0.29) is 0 Å². The van der Waals surface area contributed by atoms with E-state index in [0.717, 1.165) is 0 Å². The third-order valence-electron chi connectivity index (χ3n) is 6.58. The molecular weight excluding hydrogens is 401 g/mol. The molecule has 0 amide bonds. The van der Waals surface area contributed by atoms with Gasteiger partial charge in [-0.25, -0.2) is 0 Å². The predicted octanol–water partition coefficient (Wildman–Crippen LogP) is 5.21. The van der Waals surface area contributed by atoms with Crippen LogP contribution in [0.5, 0.6) is 0 Å². The molecular formula is C20H44N3Sn. The van der Waals surface area contributed by atoms with Crippen molar-refractivity contribution >= 4 is 20.6 Å². The van der Waals surface area contributed by atoms with Crippen molar-refractivity contribution in [2.75, 3.05) is 0 Å². The molecule has 0 spiro atoms. The van der Waals surface area contributed by atoms with Gasteiger partial charge in [-0.15, -0.1) is 0 Å². The molecule has 1 rings (SSSR count). The average Bonchev–Trinajstić information content (AvgIpc) is 2.52. The molecule has 0 aromatic rings. The summed E-state index contributed by atoms with van der Waals surface area (Å²) in [4.78, 5) is 0. The van der Waals surface area contributed by atoms with E-state index in [1.165, 1.54) is 25.7 Å². The molecule has 0 aromatic carbocycles. The third kappa shape index (κ3) is 4.15. The Labute approximate surface area is 160 Å². The van der Waals surface area contributed by atoms with E-state index in [1.807, 2.05) is 0 Å². The summed E-state index contributed by atoms with van der Waals surface area (Å²) in [7, 11) is 0. The SMILES string of the molecule is CCC(C)[N](C(C)CC)[Sn]1[N](C(C)(C)CC)C(C)[N]1C(C)(C)CC. The van der Waals surface area contributed by atoms with Gasteiger partial charge < -0.3 is 0 Å². The fourth-order valence-corrected chi connectivity index (χ4v) is 15.3. The molecule has 0 aromatic heterocycles. The summed E-state index contributed by atoms with van der Waals surface area (Å²) in [5, 5.41) is 0. The molecule has 24 heavy (non-hydrogen) atoms. The first-order chi connectivity index (χ1) is 11.0. The topological polar surface area (TPSA) is 9.72 Å².